The summed E-state index contributed by atoms with van der Waals surface area (Å²) in [6.07, 6.45) is 0. The normalized spacial score (nSPS) is 12.7. The molecule has 9 heteroatoms. The molecule has 0 radical (unpaired) electrons. The van der Waals surface area contributed by atoms with Gasteiger partial charge in [0.15, 0.2) is 0 Å². The van der Waals surface area contributed by atoms with Gasteiger partial charge in [-0.05, 0) is 18.2 Å². The van der Waals surface area contributed by atoms with E-state index in [4.69, 9.17) is 10.5 Å². The van der Waals surface area contributed by atoms with Crippen molar-refractivity contribution in [2.45, 2.75) is 0 Å². The highest BCUT2D eigenvalue weighted by Crippen LogP contribution is 2.26. The summed E-state index contributed by atoms with van der Waals surface area (Å²) in [6, 6.07) is 4.96. The first-order valence-corrected chi connectivity index (χ1v) is 6.68. The quantitative estimate of drug-likeness (QED) is 0.674. The minimum Gasteiger partial charge on any atom is -0.497 e. The molecule has 0 fully saturated rings. The molecule has 3 rings (SSSR count). The fourth-order valence-electron chi connectivity index (χ4n) is 2.54. The molecule has 0 saturated carbocycles. The molecule has 0 unspecified atom stereocenters. The van der Waals surface area contributed by atoms with Crippen LogP contribution in [0, 0.1) is 0 Å². The first kappa shape index (κ1) is 15.3. The summed E-state index contributed by atoms with van der Waals surface area (Å²) in [5.41, 5.74) is 4.57. The number of pyridine rings is 1. The van der Waals surface area contributed by atoms with Crippen LogP contribution >= 0.6 is 0 Å². The molecule has 1 aromatic heterocycles. The fourth-order valence-corrected chi connectivity index (χ4v) is 2.54. The van der Waals surface area contributed by atoms with Crippen molar-refractivity contribution in [3.05, 3.63) is 51.3 Å². The van der Waals surface area contributed by atoms with Gasteiger partial charge in [-0.2, -0.15) is 0 Å². The number of imide groups is 1. The predicted molar refractivity (Wildman–Crippen MR) is 81.8 cm³/mol. The minimum atomic E-state index is -1.31. The lowest BCUT2D eigenvalue weighted by atomic mass is 10.1. The number of nitrogens with zero attached hydrogens (tertiary/aromatic N) is 1. The Bertz CT molecular complexity index is 976. The SMILES string of the molecule is COc1ccc(-n2c(N)c3c(cc2=O)C(=O)NC3=O)c(C(=O)O)c1. The standard InChI is InChI=1S/C15H11N3O6/c1-24-6-2-3-9(7(4-6)15(22)23)18-10(19)5-8-11(12(18)16)14(21)17-13(8)20/h2-5H,16H2,1H3,(H,22,23)(H,17,20,21). The number of carboxylic acids is 1. The Kier molecular flexibility index (Phi) is 3.33. The van der Waals surface area contributed by atoms with E-state index < -0.39 is 23.3 Å². The summed E-state index contributed by atoms with van der Waals surface area (Å²) < 4.78 is 5.85. The Balaban J connectivity index is 2.35. The highest BCUT2D eigenvalue weighted by Gasteiger charge is 2.32. The number of nitrogens with two attached hydrogens (primary N) is 1. The van der Waals surface area contributed by atoms with Crippen LogP contribution in [0.2, 0.25) is 0 Å². The number of fused-ring (bicyclic) bond motifs is 1. The molecule has 1 aliphatic rings. The number of carboxylic acid groups (broad SMARTS) is 1. The molecule has 4 N–H and O–H groups in total. The van der Waals surface area contributed by atoms with Crippen molar-refractivity contribution < 1.29 is 24.2 Å². The van der Waals surface area contributed by atoms with Crippen molar-refractivity contribution in [2.24, 2.45) is 0 Å². The number of anilines is 1. The number of ether oxygens (including phenoxy) is 1. The number of aromatic carboxylic acids is 1. The first-order chi connectivity index (χ1) is 11.3. The second-order valence-electron chi connectivity index (χ2n) is 4.96. The van der Waals surface area contributed by atoms with Crippen molar-refractivity contribution in [1.29, 1.82) is 0 Å². The number of carbonyl (C=O) groups excluding carboxylic acids is 2. The van der Waals surface area contributed by atoms with Crippen LogP contribution in [0.3, 0.4) is 0 Å². The van der Waals surface area contributed by atoms with Gasteiger partial charge in [0.1, 0.15) is 11.6 Å². The van der Waals surface area contributed by atoms with Crippen LogP contribution in [0.25, 0.3) is 5.69 Å². The predicted octanol–water partition coefficient (Wildman–Crippen LogP) is 0.0101. The molecule has 0 aliphatic carbocycles. The molecule has 2 aromatic rings. The third kappa shape index (κ3) is 2.10. The molecule has 0 spiro atoms. The van der Waals surface area contributed by atoms with E-state index in [1.807, 2.05) is 5.32 Å². The maximum Gasteiger partial charge on any atom is 0.337 e. The van der Waals surface area contributed by atoms with Crippen LogP contribution in [0.15, 0.2) is 29.1 Å². The fraction of sp³-hybridized carbons (Fsp3) is 0.0667. The summed E-state index contributed by atoms with van der Waals surface area (Å²) in [5.74, 6) is -2.81. The van der Waals surface area contributed by atoms with Gasteiger partial charge < -0.3 is 15.6 Å². The monoisotopic (exact) mass is 329 g/mol. The van der Waals surface area contributed by atoms with Crippen molar-refractivity contribution in [3.8, 4) is 11.4 Å². The lowest BCUT2D eigenvalue weighted by molar-refractivity contribution is 0.0695. The summed E-state index contributed by atoms with van der Waals surface area (Å²) in [4.78, 5) is 47.3. The van der Waals surface area contributed by atoms with Crippen LogP contribution in [0.5, 0.6) is 5.75 Å². The lowest BCUT2D eigenvalue weighted by Gasteiger charge is -2.14. The van der Waals surface area contributed by atoms with E-state index in [-0.39, 0.29) is 33.9 Å². The van der Waals surface area contributed by atoms with Crippen molar-refractivity contribution >= 4 is 23.6 Å². The van der Waals surface area contributed by atoms with Crippen molar-refractivity contribution in [1.82, 2.24) is 9.88 Å². The van der Waals surface area contributed by atoms with Crippen LogP contribution in [0.1, 0.15) is 31.1 Å². The van der Waals surface area contributed by atoms with Crippen LogP contribution in [-0.4, -0.2) is 34.6 Å². The number of amides is 2. The molecule has 0 atom stereocenters. The largest absolute Gasteiger partial charge is 0.497 e. The molecule has 0 saturated heterocycles. The van der Waals surface area contributed by atoms with Gasteiger partial charge >= 0.3 is 5.97 Å². The average molecular weight is 329 g/mol. The molecule has 2 heterocycles. The minimum absolute atomic E-state index is 0.0410. The van der Waals surface area contributed by atoms with Crippen molar-refractivity contribution in [2.75, 3.05) is 12.8 Å². The van der Waals surface area contributed by atoms with Gasteiger partial charge in [-0.1, -0.05) is 0 Å². The Hall–Kier alpha value is -3.62. The number of benzene rings is 1. The number of hydrogen-bond acceptors (Lipinski definition) is 6. The highest BCUT2D eigenvalue weighted by atomic mass is 16.5. The van der Waals surface area contributed by atoms with Crippen LogP contribution in [0.4, 0.5) is 5.82 Å². The summed E-state index contributed by atoms with van der Waals surface area (Å²) in [6.45, 7) is 0. The summed E-state index contributed by atoms with van der Waals surface area (Å²) in [7, 11) is 1.37. The van der Waals surface area contributed by atoms with Crippen molar-refractivity contribution in [3.63, 3.8) is 0 Å². The topological polar surface area (TPSA) is 141 Å². The van der Waals surface area contributed by atoms with E-state index in [1.165, 1.54) is 25.3 Å². The molecule has 9 nitrogen and oxygen atoms in total. The zero-order valence-corrected chi connectivity index (χ0v) is 12.3. The Morgan fingerprint density at radius 3 is 2.54 bits per heavy atom. The smallest absolute Gasteiger partial charge is 0.337 e. The number of aromatic nitrogens is 1. The van der Waals surface area contributed by atoms with Gasteiger partial charge in [0.25, 0.3) is 17.4 Å². The zero-order valence-electron chi connectivity index (χ0n) is 12.3. The molecule has 24 heavy (non-hydrogen) atoms. The zero-order chi connectivity index (χ0) is 17.6. The Morgan fingerprint density at radius 1 is 1.21 bits per heavy atom. The molecular weight excluding hydrogens is 318 g/mol. The highest BCUT2D eigenvalue weighted by molar-refractivity contribution is 6.23. The number of methoxy groups -OCH3 is 1. The number of nitrogen functional groups attached to an aromatic ring is 1. The van der Waals surface area contributed by atoms with E-state index in [1.54, 1.807) is 0 Å². The molecule has 2 amide bonds. The second-order valence-corrected chi connectivity index (χ2v) is 4.96. The first-order valence-electron chi connectivity index (χ1n) is 6.68. The van der Waals surface area contributed by atoms with Gasteiger partial charge in [-0.15, -0.1) is 0 Å². The van der Waals surface area contributed by atoms with E-state index in [0.717, 1.165) is 10.6 Å². The van der Waals surface area contributed by atoms with Crippen LogP contribution in [-0.2, 0) is 0 Å². The Morgan fingerprint density at radius 2 is 1.92 bits per heavy atom. The maximum atomic E-state index is 12.3. The van der Waals surface area contributed by atoms with Gasteiger partial charge in [0.05, 0.1) is 29.5 Å². The Labute approximate surface area is 134 Å². The number of hydrogen-bond donors (Lipinski definition) is 3. The summed E-state index contributed by atoms with van der Waals surface area (Å²) >= 11 is 0. The van der Waals surface area contributed by atoms with E-state index in [2.05, 4.69) is 0 Å². The third-order valence-electron chi connectivity index (χ3n) is 3.63. The average Bonchev–Trinajstić information content (AvgIpc) is 2.81. The van der Waals surface area contributed by atoms with Gasteiger partial charge in [0, 0.05) is 6.07 Å². The van der Waals surface area contributed by atoms with E-state index in [0.29, 0.717) is 0 Å². The van der Waals surface area contributed by atoms with Gasteiger partial charge in [-0.3, -0.25) is 24.3 Å². The third-order valence-corrected chi connectivity index (χ3v) is 3.63. The lowest BCUT2D eigenvalue weighted by Crippen LogP contribution is -2.25. The number of nitrogens with one attached hydrogen (secondary N) is 1. The molecular formula is C15H11N3O6. The second kappa shape index (κ2) is 5.23. The van der Waals surface area contributed by atoms with E-state index in [9.17, 15) is 24.3 Å². The van der Waals surface area contributed by atoms with E-state index >= 15 is 0 Å². The molecule has 0 bridgehead atoms. The van der Waals surface area contributed by atoms with Crippen LogP contribution < -0.4 is 21.3 Å². The number of carbonyl (C=O) groups is 3. The molecule has 1 aromatic carbocycles. The number of rotatable bonds is 3. The maximum absolute atomic E-state index is 12.3. The summed E-state index contributed by atoms with van der Waals surface area (Å²) in [5, 5.41) is 11.4. The van der Waals surface area contributed by atoms with Gasteiger partial charge in [0.2, 0.25) is 0 Å². The molecule has 1 aliphatic heterocycles. The van der Waals surface area contributed by atoms with Gasteiger partial charge in [-0.25, -0.2) is 4.79 Å². The molecule has 122 valence electrons.